The maximum absolute atomic E-state index is 12.7. The van der Waals surface area contributed by atoms with Crippen molar-refractivity contribution in [1.29, 1.82) is 0 Å². The van der Waals surface area contributed by atoms with Gasteiger partial charge in [-0.05, 0) is 18.2 Å². The van der Waals surface area contributed by atoms with Crippen LogP contribution in [0.5, 0.6) is 11.6 Å². The van der Waals surface area contributed by atoms with Crippen molar-refractivity contribution >= 4 is 11.7 Å². The van der Waals surface area contributed by atoms with E-state index in [-0.39, 0.29) is 18.2 Å². The van der Waals surface area contributed by atoms with Crippen LogP contribution in [0.3, 0.4) is 0 Å². The van der Waals surface area contributed by atoms with Gasteiger partial charge in [0.25, 0.3) is 5.91 Å². The number of nitrogens with zero attached hydrogens (tertiary/aromatic N) is 4. The van der Waals surface area contributed by atoms with Crippen LogP contribution >= 0.6 is 0 Å². The highest BCUT2D eigenvalue weighted by molar-refractivity contribution is 5.97. The van der Waals surface area contributed by atoms with Crippen LogP contribution in [0.25, 0.3) is 0 Å². The SMILES string of the molecule is CN(C)c1ccc(OC2CCN(C(=O)c3ccccc3OC(F)(F)F)C2)nn1. The Morgan fingerprint density at radius 1 is 1.18 bits per heavy atom. The molecule has 2 heterocycles. The summed E-state index contributed by atoms with van der Waals surface area (Å²) in [5, 5.41) is 8.00. The molecule has 2 aromatic rings. The zero-order chi connectivity index (χ0) is 20.3. The summed E-state index contributed by atoms with van der Waals surface area (Å²) in [5.74, 6) is -0.0583. The zero-order valence-corrected chi connectivity index (χ0v) is 15.3. The maximum Gasteiger partial charge on any atom is 0.573 e. The lowest BCUT2D eigenvalue weighted by Crippen LogP contribution is -2.32. The van der Waals surface area contributed by atoms with E-state index in [0.717, 1.165) is 6.07 Å². The van der Waals surface area contributed by atoms with Gasteiger partial charge >= 0.3 is 6.36 Å². The summed E-state index contributed by atoms with van der Waals surface area (Å²) in [5.41, 5.74) is -0.143. The number of alkyl halides is 3. The molecule has 0 spiro atoms. The fourth-order valence-electron chi connectivity index (χ4n) is 2.82. The third-order valence-corrected chi connectivity index (χ3v) is 4.15. The van der Waals surface area contributed by atoms with E-state index >= 15 is 0 Å². The standard InChI is InChI=1S/C18H19F3N4O3/c1-24(2)15-7-8-16(23-22-15)27-12-9-10-25(11-12)17(26)13-5-3-4-6-14(13)28-18(19,20)21/h3-8,12H,9-11H2,1-2H3. The molecule has 0 saturated carbocycles. The third-order valence-electron chi connectivity index (χ3n) is 4.15. The highest BCUT2D eigenvalue weighted by Crippen LogP contribution is 2.28. The average molecular weight is 396 g/mol. The topological polar surface area (TPSA) is 67.8 Å². The summed E-state index contributed by atoms with van der Waals surface area (Å²) in [6.45, 7) is 0.587. The fourth-order valence-corrected chi connectivity index (χ4v) is 2.82. The predicted molar refractivity (Wildman–Crippen MR) is 94.4 cm³/mol. The Bertz CT molecular complexity index is 828. The molecule has 0 aliphatic carbocycles. The molecule has 1 amide bonds. The monoisotopic (exact) mass is 396 g/mol. The molecule has 0 radical (unpaired) electrons. The van der Waals surface area contributed by atoms with Gasteiger partial charge in [0, 0.05) is 33.1 Å². The van der Waals surface area contributed by atoms with Crippen molar-refractivity contribution < 1.29 is 27.4 Å². The Morgan fingerprint density at radius 2 is 1.93 bits per heavy atom. The fraction of sp³-hybridized carbons (Fsp3) is 0.389. The molecule has 7 nitrogen and oxygen atoms in total. The molecular weight excluding hydrogens is 377 g/mol. The van der Waals surface area contributed by atoms with E-state index in [4.69, 9.17) is 4.74 Å². The Kier molecular flexibility index (Phi) is 5.57. The second-order valence-electron chi connectivity index (χ2n) is 6.45. The van der Waals surface area contributed by atoms with Crippen molar-refractivity contribution in [1.82, 2.24) is 15.1 Å². The first-order valence-corrected chi connectivity index (χ1v) is 8.54. The molecule has 10 heteroatoms. The van der Waals surface area contributed by atoms with Gasteiger partial charge in [-0.2, -0.15) is 0 Å². The number of rotatable bonds is 5. The average Bonchev–Trinajstić information content (AvgIpc) is 3.09. The lowest BCUT2D eigenvalue weighted by Gasteiger charge is -2.19. The molecule has 28 heavy (non-hydrogen) atoms. The van der Waals surface area contributed by atoms with Crippen molar-refractivity contribution in [3.8, 4) is 11.6 Å². The van der Waals surface area contributed by atoms with Crippen molar-refractivity contribution in [2.75, 3.05) is 32.1 Å². The van der Waals surface area contributed by atoms with E-state index in [2.05, 4.69) is 14.9 Å². The van der Waals surface area contributed by atoms with Gasteiger partial charge < -0.3 is 19.3 Å². The quantitative estimate of drug-likeness (QED) is 0.774. The summed E-state index contributed by atoms with van der Waals surface area (Å²) in [4.78, 5) is 15.9. The third kappa shape index (κ3) is 4.81. The van der Waals surface area contributed by atoms with E-state index in [9.17, 15) is 18.0 Å². The summed E-state index contributed by atoms with van der Waals surface area (Å²) in [7, 11) is 3.68. The number of carbonyl (C=O) groups excluding carboxylic acids is 1. The van der Waals surface area contributed by atoms with Crippen LogP contribution in [-0.2, 0) is 0 Å². The smallest absolute Gasteiger partial charge is 0.471 e. The van der Waals surface area contributed by atoms with Crippen molar-refractivity contribution in [3.05, 3.63) is 42.0 Å². The maximum atomic E-state index is 12.7. The molecule has 0 N–H and O–H groups in total. The normalized spacial score (nSPS) is 16.8. The molecule has 1 saturated heterocycles. The molecule has 1 atom stereocenters. The molecular formula is C18H19F3N4O3. The van der Waals surface area contributed by atoms with Gasteiger partial charge in [-0.15, -0.1) is 23.4 Å². The largest absolute Gasteiger partial charge is 0.573 e. The van der Waals surface area contributed by atoms with Gasteiger partial charge in [0.05, 0.1) is 12.1 Å². The number of para-hydroxylation sites is 1. The second kappa shape index (κ2) is 7.91. The van der Waals surface area contributed by atoms with Crippen LogP contribution in [0.1, 0.15) is 16.8 Å². The summed E-state index contributed by atoms with van der Waals surface area (Å²) in [6.07, 6.45) is -4.66. The van der Waals surface area contributed by atoms with Crippen molar-refractivity contribution in [3.63, 3.8) is 0 Å². The van der Waals surface area contributed by atoms with Crippen LogP contribution in [0, 0.1) is 0 Å². The molecule has 1 unspecified atom stereocenters. The Morgan fingerprint density at radius 3 is 2.57 bits per heavy atom. The van der Waals surface area contributed by atoms with Gasteiger partial charge in [0.2, 0.25) is 5.88 Å². The van der Waals surface area contributed by atoms with Gasteiger partial charge in [-0.1, -0.05) is 12.1 Å². The molecule has 0 bridgehead atoms. The summed E-state index contributed by atoms with van der Waals surface area (Å²) in [6, 6.07) is 8.73. The van der Waals surface area contributed by atoms with Crippen molar-refractivity contribution in [2.24, 2.45) is 0 Å². The number of halogens is 3. The van der Waals surface area contributed by atoms with Crippen LogP contribution in [0.2, 0.25) is 0 Å². The second-order valence-corrected chi connectivity index (χ2v) is 6.45. The first-order valence-electron chi connectivity index (χ1n) is 8.54. The van der Waals surface area contributed by atoms with E-state index in [0.29, 0.717) is 24.7 Å². The molecule has 1 aromatic carbocycles. The summed E-state index contributed by atoms with van der Waals surface area (Å²) < 4.78 is 47.4. The first kappa shape index (κ1) is 19.7. The lowest BCUT2D eigenvalue weighted by molar-refractivity contribution is -0.274. The van der Waals surface area contributed by atoms with E-state index < -0.39 is 18.0 Å². The van der Waals surface area contributed by atoms with Crippen LogP contribution in [-0.4, -0.2) is 60.7 Å². The van der Waals surface area contributed by atoms with Gasteiger partial charge in [0.15, 0.2) is 5.82 Å². The van der Waals surface area contributed by atoms with Crippen LogP contribution < -0.4 is 14.4 Å². The van der Waals surface area contributed by atoms with Crippen LogP contribution in [0.4, 0.5) is 19.0 Å². The minimum absolute atomic E-state index is 0.143. The number of benzene rings is 1. The van der Waals surface area contributed by atoms with Gasteiger partial charge in [0.1, 0.15) is 11.9 Å². The number of anilines is 1. The molecule has 3 rings (SSSR count). The number of hydrogen-bond donors (Lipinski definition) is 0. The minimum atomic E-state index is -4.87. The number of amides is 1. The molecule has 1 aliphatic rings. The van der Waals surface area contributed by atoms with E-state index in [1.807, 2.05) is 14.1 Å². The zero-order valence-electron chi connectivity index (χ0n) is 15.3. The minimum Gasteiger partial charge on any atom is -0.471 e. The van der Waals surface area contributed by atoms with Crippen molar-refractivity contribution in [2.45, 2.75) is 18.9 Å². The Balaban J connectivity index is 1.64. The predicted octanol–water partition coefficient (Wildman–Crippen LogP) is 2.73. The number of likely N-dealkylation sites (tertiary alicyclic amines) is 1. The molecule has 1 aromatic heterocycles. The van der Waals surface area contributed by atoms with Gasteiger partial charge in [-0.25, -0.2) is 0 Å². The Labute approximate surface area is 159 Å². The number of hydrogen-bond acceptors (Lipinski definition) is 6. The number of aromatic nitrogens is 2. The first-order chi connectivity index (χ1) is 13.2. The highest BCUT2D eigenvalue weighted by Gasteiger charge is 2.35. The van der Waals surface area contributed by atoms with Crippen LogP contribution in [0.15, 0.2) is 36.4 Å². The number of ether oxygens (including phenoxy) is 2. The highest BCUT2D eigenvalue weighted by atomic mass is 19.4. The molecule has 1 aliphatic heterocycles. The lowest BCUT2D eigenvalue weighted by atomic mass is 10.2. The van der Waals surface area contributed by atoms with Gasteiger partial charge in [-0.3, -0.25) is 4.79 Å². The Hall–Kier alpha value is -3.04. The number of carbonyl (C=O) groups is 1. The van der Waals surface area contributed by atoms with E-state index in [1.165, 1.54) is 23.1 Å². The molecule has 150 valence electrons. The molecule has 1 fully saturated rings. The summed E-state index contributed by atoms with van der Waals surface area (Å²) >= 11 is 0. The van der Waals surface area contributed by atoms with E-state index in [1.54, 1.807) is 17.0 Å².